The second-order valence-corrected chi connectivity index (χ2v) is 4.09. The molecule has 0 aromatic rings. The number of rotatable bonds is 6. The van der Waals surface area contributed by atoms with Crippen molar-refractivity contribution in [3.05, 3.63) is 25.3 Å². The lowest BCUT2D eigenvalue weighted by molar-refractivity contribution is -0.136. The molecule has 1 fully saturated rings. The lowest BCUT2D eigenvalue weighted by Crippen LogP contribution is -2.43. The number of carbonyl (C=O) groups is 1. The summed E-state index contributed by atoms with van der Waals surface area (Å²) in [5.74, 6) is 0.317. The molecular formula is C13H21NO. The maximum absolute atomic E-state index is 11.7. The molecule has 84 valence electrons. The van der Waals surface area contributed by atoms with Crippen molar-refractivity contribution < 1.29 is 4.79 Å². The summed E-state index contributed by atoms with van der Waals surface area (Å²) in [5.41, 5.74) is 0. The van der Waals surface area contributed by atoms with Gasteiger partial charge in [-0.2, -0.15) is 0 Å². The van der Waals surface area contributed by atoms with E-state index in [0.717, 1.165) is 45.1 Å². The molecule has 1 saturated heterocycles. The van der Waals surface area contributed by atoms with Crippen molar-refractivity contribution in [2.24, 2.45) is 0 Å². The molecule has 0 aromatic heterocycles. The molecule has 1 unspecified atom stereocenters. The van der Waals surface area contributed by atoms with Crippen molar-refractivity contribution in [1.29, 1.82) is 0 Å². The predicted molar refractivity (Wildman–Crippen MR) is 63.6 cm³/mol. The van der Waals surface area contributed by atoms with Crippen LogP contribution in [-0.4, -0.2) is 23.4 Å². The predicted octanol–water partition coefficient (Wildman–Crippen LogP) is 2.91. The molecule has 0 saturated carbocycles. The van der Waals surface area contributed by atoms with Gasteiger partial charge in [0.25, 0.3) is 0 Å². The van der Waals surface area contributed by atoms with E-state index < -0.39 is 0 Å². The van der Waals surface area contributed by atoms with Crippen LogP contribution in [0.3, 0.4) is 0 Å². The zero-order chi connectivity index (χ0) is 11.1. The molecule has 1 aliphatic heterocycles. The quantitative estimate of drug-likeness (QED) is 0.484. The molecule has 1 atom stereocenters. The fraction of sp³-hybridized carbons (Fsp3) is 0.615. The van der Waals surface area contributed by atoms with Crippen molar-refractivity contribution in [3.8, 4) is 0 Å². The third kappa shape index (κ3) is 3.54. The maximum atomic E-state index is 11.7. The van der Waals surface area contributed by atoms with E-state index in [4.69, 9.17) is 0 Å². The fourth-order valence-electron chi connectivity index (χ4n) is 2.14. The number of piperidine rings is 1. The summed E-state index contributed by atoms with van der Waals surface area (Å²) < 4.78 is 0. The smallest absolute Gasteiger partial charge is 0.222 e. The van der Waals surface area contributed by atoms with Crippen LogP contribution in [0.5, 0.6) is 0 Å². The highest BCUT2D eigenvalue weighted by Crippen LogP contribution is 2.21. The molecule has 1 heterocycles. The molecular weight excluding hydrogens is 186 g/mol. The average molecular weight is 207 g/mol. The lowest BCUT2D eigenvalue weighted by Gasteiger charge is -2.35. The number of nitrogens with zero attached hydrogens (tertiary/aromatic N) is 1. The first-order valence-electron chi connectivity index (χ1n) is 5.81. The maximum Gasteiger partial charge on any atom is 0.222 e. The van der Waals surface area contributed by atoms with E-state index in [1.54, 1.807) is 0 Å². The summed E-state index contributed by atoms with van der Waals surface area (Å²) in [5, 5.41) is 0. The minimum atomic E-state index is 0.317. The van der Waals surface area contributed by atoms with E-state index in [9.17, 15) is 4.79 Å². The van der Waals surface area contributed by atoms with Crippen molar-refractivity contribution in [2.75, 3.05) is 6.54 Å². The van der Waals surface area contributed by atoms with E-state index in [0.29, 0.717) is 11.9 Å². The van der Waals surface area contributed by atoms with Gasteiger partial charge in [-0.25, -0.2) is 0 Å². The van der Waals surface area contributed by atoms with Crippen LogP contribution in [0.1, 0.15) is 38.5 Å². The molecule has 1 amide bonds. The van der Waals surface area contributed by atoms with Gasteiger partial charge in [-0.05, 0) is 32.1 Å². The van der Waals surface area contributed by atoms with Gasteiger partial charge in [0, 0.05) is 19.0 Å². The highest BCUT2D eigenvalue weighted by atomic mass is 16.2. The van der Waals surface area contributed by atoms with Gasteiger partial charge in [-0.1, -0.05) is 12.2 Å². The van der Waals surface area contributed by atoms with Gasteiger partial charge in [-0.15, -0.1) is 13.2 Å². The zero-order valence-corrected chi connectivity index (χ0v) is 9.45. The first-order chi connectivity index (χ1) is 7.29. The Morgan fingerprint density at radius 2 is 2.20 bits per heavy atom. The molecule has 0 bridgehead atoms. The van der Waals surface area contributed by atoms with Crippen molar-refractivity contribution in [3.63, 3.8) is 0 Å². The van der Waals surface area contributed by atoms with Crippen molar-refractivity contribution in [1.82, 2.24) is 4.90 Å². The number of allylic oxidation sites excluding steroid dienone is 1. The highest BCUT2D eigenvalue weighted by Gasteiger charge is 2.25. The van der Waals surface area contributed by atoms with E-state index in [1.165, 1.54) is 0 Å². The second-order valence-electron chi connectivity index (χ2n) is 4.09. The van der Waals surface area contributed by atoms with Gasteiger partial charge in [0.2, 0.25) is 5.91 Å². The summed E-state index contributed by atoms with van der Waals surface area (Å²) in [4.78, 5) is 13.8. The first kappa shape index (κ1) is 12.0. The molecule has 0 spiro atoms. The Labute approximate surface area is 92.7 Å². The molecule has 2 nitrogen and oxygen atoms in total. The Bertz CT molecular complexity index is 235. The fourth-order valence-corrected chi connectivity index (χ4v) is 2.14. The van der Waals surface area contributed by atoms with Gasteiger partial charge in [0.1, 0.15) is 0 Å². The van der Waals surface area contributed by atoms with Crippen LogP contribution in [0.15, 0.2) is 25.3 Å². The van der Waals surface area contributed by atoms with Crippen LogP contribution >= 0.6 is 0 Å². The SMILES string of the molecule is C=CCCCN1C(=O)CCCC1CC=C. The molecule has 2 heteroatoms. The molecule has 0 aliphatic carbocycles. The van der Waals surface area contributed by atoms with Crippen LogP contribution in [0.2, 0.25) is 0 Å². The minimum absolute atomic E-state index is 0.317. The van der Waals surface area contributed by atoms with Crippen LogP contribution in [-0.2, 0) is 4.79 Å². The summed E-state index contributed by atoms with van der Waals surface area (Å²) in [6.07, 6.45) is 9.68. The normalized spacial score (nSPS) is 21.5. The largest absolute Gasteiger partial charge is 0.339 e. The number of likely N-dealkylation sites (tertiary alicyclic amines) is 1. The minimum Gasteiger partial charge on any atom is -0.339 e. The van der Waals surface area contributed by atoms with Crippen LogP contribution in [0.25, 0.3) is 0 Å². The molecule has 0 aromatic carbocycles. The van der Waals surface area contributed by atoms with Gasteiger partial charge >= 0.3 is 0 Å². The topological polar surface area (TPSA) is 20.3 Å². The summed E-state index contributed by atoms with van der Waals surface area (Å²) >= 11 is 0. The Morgan fingerprint density at radius 1 is 1.40 bits per heavy atom. The second kappa shape index (κ2) is 6.44. The molecule has 1 rings (SSSR count). The molecule has 1 aliphatic rings. The van der Waals surface area contributed by atoms with Crippen molar-refractivity contribution in [2.45, 2.75) is 44.6 Å². The summed E-state index contributed by atoms with van der Waals surface area (Å²) in [6.45, 7) is 8.33. The highest BCUT2D eigenvalue weighted by molar-refractivity contribution is 5.77. The number of unbranched alkanes of at least 4 members (excludes halogenated alkanes) is 1. The Kier molecular flexibility index (Phi) is 5.16. The van der Waals surface area contributed by atoms with E-state index >= 15 is 0 Å². The van der Waals surface area contributed by atoms with Gasteiger partial charge in [-0.3, -0.25) is 4.79 Å². The van der Waals surface area contributed by atoms with Gasteiger partial charge in [0.05, 0.1) is 0 Å². The van der Waals surface area contributed by atoms with Crippen molar-refractivity contribution >= 4 is 5.91 Å². The molecule has 0 N–H and O–H groups in total. The molecule has 0 radical (unpaired) electrons. The van der Waals surface area contributed by atoms with Crippen LogP contribution < -0.4 is 0 Å². The third-order valence-electron chi connectivity index (χ3n) is 2.94. The number of hydrogen-bond acceptors (Lipinski definition) is 1. The van der Waals surface area contributed by atoms with E-state index in [-0.39, 0.29) is 0 Å². The lowest BCUT2D eigenvalue weighted by atomic mass is 9.98. The number of carbonyl (C=O) groups excluding carboxylic acids is 1. The third-order valence-corrected chi connectivity index (χ3v) is 2.94. The summed E-state index contributed by atoms with van der Waals surface area (Å²) in [6, 6.07) is 0.397. The zero-order valence-electron chi connectivity index (χ0n) is 9.45. The van der Waals surface area contributed by atoms with Crippen LogP contribution in [0.4, 0.5) is 0 Å². The Balaban J connectivity index is 2.47. The van der Waals surface area contributed by atoms with E-state index in [2.05, 4.69) is 13.2 Å². The monoisotopic (exact) mass is 207 g/mol. The average Bonchev–Trinajstić information content (AvgIpc) is 2.23. The van der Waals surface area contributed by atoms with E-state index in [1.807, 2.05) is 17.1 Å². The standard InChI is InChI=1S/C13H21NO/c1-3-5-6-11-14-12(8-4-2)9-7-10-13(14)15/h3-4,12H,1-2,5-11H2. The number of amides is 1. The first-order valence-corrected chi connectivity index (χ1v) is 5.81. The number of hydrogen-bond donors (Lipinski definition) is 0. The molecule has 15 heavy (non-hydrogen) atoms. The van der Waals surface area contributed by atoms with Gasteiger partial charge < -0.3 is 4.90 Å². The Hall–Kier alpha value is -1.05. The van der Waals surface area contributed by atoms with Gasteiger partial charge in [0.15, 0.2) is 0 Å². The summed E-state index contributed by atoms with van der Waals surface area (Å²) in [7, 11) is 0. The van der Waals surface area contributed by atoms with Crippen LogP contribution in [0, 0.1) is 0 Å². The Morgan fingerprint density at radius 3 is 2.87 bits per heavy atom.